The largest absolute Gasteiger partial charge is 0.486 e. The summed E-state index contributed by atoms with van der Waals surface area (Å²) >= 11 is 0. The number of ether oxygens (including phenoxy) is 2. The van der Waals surface area contributed by atoms with E-state index in [1.807, 2.05) is 0 Å². The first kappa shape index (κ1) is 15.6. The zero-order valence-electron chi connectivity index (χ0n) is 12.2. The van der Waals surface area contributed by atoms with Crippen LogP contribution in [0.3, 0.4) is 0 Å². The van der Waals surface area contributed by atoms with Crippen molar-refractivity contribution in [2.75, 3.05) is 33.1 Å². The predicted octanol–water partition coefficient (Wildman–Crippen LogP) is 1.10. The van der Waals surface area contributed by atoms with Crippen molar-refractivity contribution in [3.63, 3.8) is 0 Å². The maximum absolute atomic E-state index is 12.2. The van der Waals surface area contributed by atoms with Crippen molar-refractivity contribution in [1.82, 2.24) is 4.90 Å². The molecule has 2 rings (SSSR count). The molecule has 0 saturated carbocycles. The number of fused-ring (bicyclic) bond motifs is 1. The Labute approximate surface area is 124 Å². The molecule has 0 saturated heterocycles. The number of carbonyl (C=O) groups excluding carboxylic acids is 1. The Morgan fingerprint density at radius 1 is 1.19 bits per heavy atom. The number of amides is 1. The average Bonchev–Trinajstić information content (AvgIpc) is 2.46. The normalized spacial score (nSPS) is 13.8. The second-order valence-electron chi connectivity index (χ2n) is 5.02. The van der Waals surface area contributed by atoms with Gasteiger partial charge in [-0.05, 0) is 18.6 Å². The Morgan fingerprint density at radius 3 is 2.52 bits per heavy atom. The molecule has 0 radical (unpaired) electrons. The van der Waals surface area contributed by atoms with Gasteiger partial charge in [-0.3, -0.25) is 4.79 Å². The molecule has 7 heteroatoms. The Hall–Kier alpha value is -1.76. The van der Waals surface area contributed by atoms with Gasteiger partial charge in [0.05, 0.1) is 10.6 Å². The number of rotatable bonds is 5. The molecule has 1 aromatic rings. The van der Waals surface area contributed by atoms with Crippen molar-refractivity contribution < 1.29 is 22.7 Å². The van der Waals surface area contributed by atoms with Crippen LogP contribution in [-0.4, -0.2) is 52.3 Å². The second kappa shape index (κ2) is 6.34. The van der Waals surface area contributed by atoms with Crippen molar-refractivity contribution in [3.05, 3.63) is 18.2 Å². The molecule has 0 fully saturated rings. The van der Waals surface area contributed by atoms with Crippen LogP contribution in [-0.2, 0) is 14.6 Å². The molecular formula is C14H19NO5S. The van der Waals surface area contributed by atoms with Crippen LogP contribution >= 0.6 is 0 Å². The number of carbonyl (C=O) groups is 1. The van der Waals surface area contributed by atoms with E-state index in [2.05, 4.69) is 0 Å². The molecule has 116 valence electrons. The Balaban J connectivity index is 2.04. The number of hydrogen-bond donors (Lipinski definition) is 0. The minimum Gasteiger partial charge on any atom is -0.486 e. The van der Waals surface area contributed by atoms with Crippen molar-refractivity contribution in [2.24, 2.45) is 0 Å². The van der Waals surface area contributed by atoms with Gasteiger partial charge in [-0.25, -0.2) is 8.42 Å². The first-order valence-corrected chi connectivity index (χ1v) is 8.38. The van der Waals surface area contributed by atoms with Gasteiger partial charge in [0.25, 0.3) is 0 Å². The zero-order valence-corrected chi connectivity index (χ0v) is 13.0. The zero-order chi connectivity index (χ0) is 15.5. The van der Waals surface area contributed by atoms with Gasteiger partial charge in [0.2, 0.25) is 5.91 Å². The summed E-state index contributed by atoms with van der Waals surface area (Å²) in [5.74, 6) is 0.869. The lowest BCUT2D eigenvalue weighted by molar-refractivity contribution is -0.128. The fraction of sp³-hybridized carbons (Fsp3) is 0.500. The van der Waals surface area contributed by atoms with Crippen LogP contribution < -0.4 is 9.47 Å². The summed E-state index contributed by atoms with van der Waals surface area (Å²) in [5.41, 5.74) is 0. The predicted molar refractivity (Wildman–Crippen MR) is 77.4 cm³/mol. The van der Waals surface area contributed by atoms with Gasteiger partial charge >= 0.3 is 0 Å². The van der Waals surface area contributed by atoms with Crippen LogP contribution in [0.1, 0.15) is 12.8 Å². The van der Waals surface area contributed by atoms with Crippen molar-refractivity contribution in [2.45, 2.75) is 17.7 Å². The second-order valence-corrected chi connectivity index (χ2v) is 7.13. The third-order valence-electron chi connectivity index (χ3n) is 3.18. The molecule has 0 aromatic heterocycles. The Morgan fingerprint density at radius 2 is 1.86 bits per heavy atom. The van der Waals surface area contributed by atoms with Gasteiger partial charge in [-0.2, -0.15) is 0 Å². The van der Waals surface area contributed by atoms with Crippen LogP contribution in [0.25, 0.3) is 0 Å². The summed E-state index contributed by atoms with van der Waals surface area (Å²) < 4.78 is 35.2. The third kappa shape index (κ3) is 3.87. The first-order valence-electron chi connectivity index (χ1n) is 6.73. The number of sulfone groups is 1. The van der Waals surface area contributed by atoms with E-state index in [0.717, 1.165) is 0 Å². The highest BCUT2D eigenvalue weighted by Crippen LogP contribution is 2.32. The van der Waals surface area contributed by atoms with E-state index in [0.29, 0.717) is 31.1 Å². The lowest BCUT2D eigenvalue weighted by Crippen LogP contribution is -2.22. The topological polar surface area (TPSA) is 72.9 Å². The SMILES string of the molecule is CN(C)C(=O)CCCS(=O)(=O)c1ccc2c(c1)OCCO2. The molecular weight excluding hydrogens is 294 g/mol. The summed E-state index contributed by atoms with van der Waals surface area (Å²) in [6, 6.07) is 4.60. The molecule has 0 spiro atoms. The van der Waals surface area contributed by atoms with Crippen molar-refractivity contribution >= 4 is 15.7 Å². The van der Waals surface area contributed by atoms with Gasteiger partial charge in [0.1, 0.15) is 13.2 Å². The molecule has 0 aliphatic carbocycles. The van der Waals surface area contributed by atoms with Crippen LogP contribution in [0.5, 0.6) is 11.5 Å². The molecule has 1 aliphatic heterocycles. The molecule has 0 N–H and O–H groups in total. The van der Waals surface area contributed by atoms with Crippen molar-refractivity contribution in [3.8, 4) is 11.5 Å². The van der Waals surface area contributed by atoms with E-state index in [-0.39, 0.29) is 23.0 Å². The maximum atomic E-state index is 12.2. The van der Waals surface area contributed by atoms with Gasteiger partial charge < -0.3 is 14.4 Å². The minimum atomic E-state index is -3.42. The van der Waals surface area contributed by atoms with Gasteiger partial charge in [0.15, 0.2) is 21.3 Å². The first-order chi connectivity index (χ1) is 9.90. The molecule has 1 aliphatic rings. The summed E-state index contributed by atoms with van der Waals surface area (Å²) in [6.45, 7) is 0.875. The molecule has 0 bridgehead atoms. The van der Waals surface area contributed by atoms with Crippen LogP contribution in [0.4, 0.5) is 0 Å². The van der Waals surface area contributed by atoms with Crippen LogP contribution in [0, 0.1) is 0 Å². The molecule has 0 unspecified atom stereocenters. The Bertz CT molecular complexity index is 624. The monoisotopic (exact) mass is 313 g/mol. The number of hydrogen-bond acceptors (Lipinski definition) is 5. The van der Waals surface area contributed by atoms with E-state index in [1.54, 1.807) is 20.2 Å². The molecule has 21 heavy (non-hydrogen) atoms. The summed E-state index contributed by atoms with van der Waals surface area (Å²) in [4.78, 5) is 13.1. The van der Waals surface area contributed by atoms with Gasteiger partial charge in [0, 0.05) is 26.6 Å². The Kier molecular flexibility index (Phi) is 4.72. The van der Waals surface area contributed by atoms with E-state index >= 15 is 0 Å². The highest BCUT2D eigenvalue weighted by Gasteiger charge is 2.19. The molecule has 1 amide bonds. The van der Waals surface area contributed by atoms with E-state index in [1.165, 1.54) is 17.0 Å². The summed E-state index contributed by atoms with van der Waals surface area (Å²) in [5, 5.41) is 0. The van der Waals surface area contributed by atoms with Gasteiger partial charge in [-0.1, -0.05) is 0 Å². The minimum absolute atomic E-state index is 0.0633. The highest BCUT2D eigenvalue weighted by atomic mass is 32.2. The lowest BCUT2D eigenvalue weighted by atomic mass is 10.3. The quantitative estimate of drug-likeness (QED) is 0.814. The van der Waals surface area contributed by atoms with Crippen molar-refractivity contribution in [1.29, 1.82) is 0 Å². The highest BCUT2D eigenvalue weighted by molar-refractivity contribution is 7.91. The smallest absolute Gasteiger partial charge is 0.222 e. The standard InChI is InChI=1S/C14H19NO5S/c1-15(2)14(16)4-3-9-21(17,18)11-5-6-12-13(10-11)20-8-7-19-12/h5-6,10H,3-4,7-9H2,1-2H3. The fourth-order valence-corrected chi connectivity index (χ4v) is 3.29. The third-order valence-corrected chi connectivity index (χ3v) is 4.97. The average molecular weight is 313 g/mol. The van der Waals surface area contributed by atoms with E-state index < -0.39 is 9.84 Å². The van der Waals surface area contributed by atoms with E-state index in [4.69, 9.17) is 9.47 Å². The number of benzene rings is 1. The number of nitrogens with zero attached hydrogens (tertiary/aromatic N) is 1. The molecule has 1 aromatic carbocycles. The summed E-state index contributed by atoms with van der Waals surface area (Å²) in [6.07, 6.45) is 0.518. The maximum Gasteiger partial charge on any atom is 0.222 e. The van der Waals surface area contributed by atoms with Crippen LogP contribution in [0.15, 0.2) is 23.1 Å². The fourth-order valence-electron chi connectivity index (χ4n) is 1.97. The van der Waals surface area contributed by atoms with Crippen LogP contribution in [0.2, 0.25) is 0 Å². The molecule has 1 heterocycles. The molecule has 0 atom stereocenters. The van der Waals surface area contributed by atoms with E-state index in [9.17, 15) is 13.2 Å². The summed E-state index contributed by atoms with van der Waals surface area (Å²) in [7, 11) is -0.121. The molecule has 6 nitrogen and oxygen atoms in total. The lowest BCUT2D eigenvalue weighted by Gasteiger charge is -2.18. The van der Waals surface area contributed by atoms with Gasteiger partial charge in [-0.15, -0.1) is 0 Å².